The van der Waals surface area contributed by atoms with Gasteiger partial charge in [0.05, 0.1) is 17.9 Å². The Labute approximate surface area is 270 Å². The van der Waals surface area contributed by atoms with Crippen LogP contribution < -0.4 is 9.46 Å². The topological polar surface area (TPSA) is 88.2 Å². The van der Waals surface area contributed by atoms with Gasteiger partial charge in [0.2, 0.25) is 0 Å². The van der Waals surface area contributed by atoms with E-state index in [2.05, 4.69) is 41.1 Å². The predicted octanol–water partition coefficient (Wildman–Crippen LogP) is 5.90. The van der Waals surface area contributed by atoms with Crippen molar-refractivity contribution in [1.82, 2.24) is 13.9 Å². The molecule has 1 amide bonds. The Bertz CT molecular complexity index is 1540. The molecule has 0 aromatic heterocycles. The minimum atomic E-state index is -3.69. The Balaban J connectivity index is 1.48. The first-order valence-corrected chi connectivity index (χ1v) is 17.1. The van der Waals surface area contributed by atoms with E-state index in [1.165, 1.54) is 18.4 Å². The van der Waals surface area contributed by atoms with Crippen LogP contribution in [0.15, 0.2) is 115 Å². The first kappa shape index (κ1) is 32.6. The zero-order valence-electron chi connectivity index (χ0n) is 25.7. The molecule has 1 N–H and O–H groups in total. The monoisotopic (exact) mass is 645 g/mol. The van der Waals surface area contributed by atoms with Crippen LogP contribution in [0, 0.1) is 0 Å². The fraction of sp³-hybridized carbons (Fsp3) is 0.286. The molecule has 2 atom stereocenters. The smallest absolute Gasteiger partial charge is 0.410 e. The molecule has 0 saturated carbocycles. The Morgan fingerprint density at radius 2 is 1.40 bits per heavy atom. The summed E-state index contributed by atoms with van der Waals surface area (Å²) in [7, 11) is 0.815. The lowest BCUT2D eigenvalue weighted by Crippen LogP contribution is -2.46. The largest absolute Gasteiger partial charge is 0.497 e. The summed E-state index contributed by atoms with van der Waals surface area (Å²) in [6, 6.07) is 38.2. The number of methoxy groups -OCH3 is 1. The molecule has 45 heavy (non-hydrogen) atoms. The van der Waals surface area contributed by atoms with Gasteiger partial charge in [0.1, 0.15) is 12.4 Å². The van der Waals surface area contributed by atoms with Crippen LogP contribution in [0.5, 0.6) is 5.75 Å². The number of nitrogens with zero attached hydrogens (tertiary/aromatic N) is 2. The molecule has 1 heterocycles. The highest BCUT2D eigenvalue weighted by molar-refractivity contribution is 8.01. The van der Waals surface area contributed by atoms with Crippen LogP contribution in [0.4, 0.5) is 4.79 Å². The third-order valence-corrected chi connectivity index (χ3v) is 11.4. The van der Waals surface area contributed by atoms with Crippen molar-refractivity contribution >= 4 is 28.1 Å². The van der Waals surface area contributed by atoms with Crippen LogP contribution in [-0.2, 0) is 26.3 Å². The average molecular weight is 646 g/mol. The standard InChI is InChI=1S/C35H39N3O5S2/c1-36-45(40,41)37(2)24-31-23-33(25-38(31)34(39)43-26-27-19-21-32(42-3)22-20-27)44-35(28-13-7-4-8-14-28,29-15-9-5-10-16-29)30-17-11-6-12-18-30/h4-22,31,33,36H,23-26H2,1-3H3/t31-,33-/m0/s1. The summed E-state index contributed by atoms with van der Waals surface area (Å²) >= 11 is 1.80. The molecule has 4 aromatic rings. The molecule has 0 radical (unpaired) electrons. The molecule has 5 rings (SSSR count). The minimum absolute atomic E-state index is 0.0326. The van der Waals surface area contributed by atoms with Gasteiger partial charge in [-0.1, -0.05) is 103 Å². The third-order valence-electron chi connectivity index (χ3n) is 8.15. The molecular weight excluding hydrogens is 607 g/mol. The van der Waals surface area contributed by atoms with Crippen LogP contribution in [0.25, 0.3) is 0 Å². The Hall–Kier alpha value is -3.83. The van der Waals surface area contributed by atoms with E-state index >= 15 is 0 Å². The van der Waals surface area contributed by atoms with Crippen LogP contribution in [-0.4, -0.2) is 69.3 Å². The lowest BCUT2D eigenvalue weighted by atomic mass is 9.84. The highest BCUT2D eigenvalue weighted by Crippen LogP contribution is 2.52. The predicted molar refractivity (Wildman–Crippen MR) is 179 cm³/mol. The van der Waals surface area contributed by atoms with Gasteiger partial charge < -0.3 is 14.4 Å². The zero-order chi connectivity index (χ0) is 31.9. The molecule has 1 aliphatic rings. The number of rotatable bonds is 12. The van der Waals surface area contributed by atoms with E-state index in [1.807, 2.05) is 78.9 Å². The molecule has 0 spiro atoms. The van der Waals surface area contributed by atoms with Crippen molar-refractivity contribution in [2.24, 2.45) is 0 Å². The van der Waals surface area contributed by atoms with Gasteiger partial charge in [-0.15, -0.1) is 11.8 Å². The van der Waals surface area contributed by atoms with Crippen molar-refractivity contribution in [3.05, 3.63) is 138 Å². The quantitative estimate of drug-likeness (QED) is 0.193. The Morgan fingerprint density at radius 3 is 1.87 bits per heavy atom. The van der Waals surface area contributed by atoms with Crippen LogP contribution in [0.2, 0.25) is 0 Å². The summed E-state index contributed by atoms with van der Waals surface area (Å²) in [5.41, 5.74) is 4.20. The fourth-order valence-electron chi connectivity index (χ4n) is 5.83. The van der Waals surface area contributed by atoms with Gasteiger partial charge in [0, 0.05) is 32.4 Å². The molecular formula is C35H39N3O5S2. The highest BCUT2D eigenvalue weighted by atomic mass is 32.2. The number of carbonyl (C=O) groups is 1. The molecule has 236 valence electrons. The Kier molecular flexibility index (Phi) is 10.5. The maximum absolute atomic E-state index is 13.7. The molecule has 10 heteroatoms. The molecule has 0 bridgehead atoms. The molecule has 1 aliphatic heterocycles. The van der Waals surface area contributed by atoms with Gasteiger partial charge in [-0.2, -0.15) is 12.7 Å². The van der Waals surface area contributed by atoms with E-state index in [4.69, 9.17) is 9.47 Å². The van der Waals surface area contributed by atoms with E-state index in [9.17, 15) is 13.2 Å². The number of ether oxygens (including phenoxy) is 2. The number of likely N-dealkylation sites (tertiary alicyclic amines) is 1. The van der Waals surface area contributed by atoms with Crippen molar-refractivity contribution in [1.29, 1.82) is 0 Å². The van der Waals surface area contributed by atoms with Gasteiger partial charge in [-0.25, -0.2) is 9.52 Å². The number of nitrogens with one attached hydrogen (secondary N) is 1. The highest BCUT2D eigenvalue weighted by Gasteiger charge is 2.45. The SMILES string of the molecule is CNS(=O)(=O)N(C)C[C@@H]1C[C@H](SC(c2ccccc2)(c2ccccc2)c2ccccc2)CN1C(=O)OCc1ccc(OC)cc1. The first-order chi connectivity index (χ1) is 21.8. The summed E-state index contributed by atoms with van der Waals surface area (Å²) in [4.78, 5) is 15.3. The average Bonchev–Trinajstić information content (AvgIpc) is 3.49. The van der Waals surface area contributed by atoms with Gasteiger partial charge in [0.15, 0.2) is 0 Å². The summed E-state index contributed by atoms with van der Waals surface area (Å²) < 4.78 is 39.4. The summed E-state index contributed by atoms with van der Waals surface area (Å²) in [5.74, 6) is 0.720. The minimum Gasteiger partial charge on any atom is -0.497 e. The van der Waals surface area contributed by atoms with E-state index in [0.29, 0.717) is 13.0 Å². The second-order valence-corrected chi connectivity index (χ2v) is 14.4. The van der Waals surface area contributed by atoms with E-state index < -0.39 is 21.0 Å². The lowest BCUT2D eigenvalue weighted by molar-refractivity contribution is 0.0897. The van der Waals surface area contributed by atoms with Crippen molar-refractivity contribution in [3.63, 3.8) is 0 Å². The summed E-state index contributed by atoms with van der Waals surface area (Å²) in [6.07, 6.45) is 0.110. The number of amides is 1. The number of likely N-dealkylation sites (N-methyl/N-ethyl adjacent to an activating group) is 1. The third kappa shape index (κ3) is 7.36. The van der Waals surface area contributed by atoms with Crippen molar-refractivity contribution in [2.75, 3.05) is 34.3 Å². The number of benzene rings is 4. The summed E-state index contributed by atoms with van der Waals surface area (Å²) in [6.45, 7) is 0.627. The second kappa shape index (κ2) is 14.5. The second-order valence-electron chi connectivity index (χ2n) is 11.0. The molecule has 1 fully saturated rings. The number of hydrogen-bond donors (Lipinski definition) is 1. The van der Waals surface area contributed by atoms with E-state index in [1.54, 1.807) is 23.8 Å². The van der Waals surface area contributed by atoms with Gasteiger partial charge >= 0.3 is 6.09 Å². The van der Waals surface area contributed by atoms with Gasteiger partial charge in [-0.05, 0) is 40.8 Å². The van der Waals surface area contributed by atoms with Crippen molar-refractivity contribution < 1.29 is 22.7 Å². The molecule has 0 aliphatic carbocycles. The maximum Gasteiger partial charge on any atom is 0.410 e. The van der Waals surface area contributed by atoms with E-state index in [-0.39, 0.29) is 24.4 Å². The molecule has 4 aromatic carbocycles. The normalized spacial score (nSPS) is 16.9. The number of carbonyl (C=O) groups excluding carboxylic acids is 1. The van der Waals surface area contributed by atoms with Gasteiger partial charge in [-0.3, -0.25) is 0 Å². The van der Waals surface area contributed by atoms with Crippen LogP contribution in [0.3, 0.4) is 0 Å². The fourth-order valence-corrected chi connectivity index (χ4v) is 8.38. The van der Waals surface area contributed by atoms with Crippen molar-refractivity contribution in [3.8, 4) is 5.75 Å². The molecule has 0 unspecified atom stereocenters. The maximum atomic E-state index is 13.7. The molecule has 1 saturated heterocycles. The van der Waals surface area contributed by atoms with E-state index in [0.717, 1.165) is 28.0 Å². The van der Waals surface area contributed by atoms with Crippen LogP contribution >= 0.6 is 11.8 Å². The van der Waals surface area contributed by atoms with Crippen LogP contribution in [0.1, 0.15) is 28.7 Å². The number of thioether (sulfide) groups is 1. The van der Waals surface area contributed by atoms with Crippen molar-refractivity contribution in [2.45, 2.75) is 29.1 Å². The summed E-state index contributed by atoms with van der Waals surface area (Å²) in [5, 5.41) is -0.0326. The van der Waals surface area contributed by atoms with Gasteiger partial charge in [0.25, 0.3) is 10.2 Å². The number of hydrogen-bond acceptors (Lipinski definition) is 6. The lowest BCUT2D eigenvalue weighted by Gasteiger charge is -2.37. The molecule has 8 nitrogen and oxygen atoms in total. The Morgan fingerprint density at radius 1 is 0.889 bits per heavy atom. The zero-order valence-corrected chi connectivity index (χ0v) is 27.3. The first-order valence-electron chi connectivity index (χ1n) is 14.8.